The summed E-state index contributed by atoms with van der Waals surface area (Å²) in [4.78, 5) is 12.7. The van der Waals surface area contributed by atoms with Crippen LogP contribution in [0.5, 0.6) is 0 Å². The van der Waals surface area contributed by atoms with Gasteiger partial charge in [-0.15, -0.1) is 0 Å². The van der Waals surface area contributed by atoms with Gasteiger partial charge in [-0.3, -0.25) is 9.69 Å². The normalized spacial score (nSPS) is 18.6. The molecule has 9 heavy (non-hydrogen) atoms. The molecule has 0 atom stereocenters. The van der Waals surface area contributed by atoms with E-state index in [0.29, 0.717) is 12.6 Å². The van der Waals surface area contributed by atoms with E-state index in [9.17, 15) is 4.79 Å². The summed E-state index contributed by atoms with van der Waals surface area (Å²) in [6, 6.07) is 0.717. The molecule has 0 amide bonds. The van der Waals surface area contributed by atoms with E-state index in [4.69, 9.17) is 0 Å². The summed E-state index contributed by atoms with van der Waals surface area (Å²) >= 11 is 0. The number of carbonyl (C=O) groups is 1. The van der Waals surface area contributed by atoms with Gasteiger partial charge >= 0.3 is 0 Å². The first-order valence-corrected chi connectivity index (χ1v) is 3.40. The second kappa shape index (κ2) is 2.48. The molecule has 1 aliphatic rings. The largest absolute Gasteiger partial charge is 0.299 e. The van der Waals surface area contributed by atoms with Crippen LogP contribution in [0.1, 0.15) is 19.8 Å². The lowest BCUT2D eigenvalue weighted by atomic mass is 10.4. The number of hydrogen-bond donors (Lipinski definition) is 0. The summed E-state index contributed by atoms with van der Waals surface area (Å²) in [5.41, 5.74) is 0. The van der Waals surface area contributed by atoms with E-state index in [1.165, 1.54) is 12.8 Å². The van der Waals surface area contributed by atoms with E-state index in [2.05, 4.69) is 4.90 Å². The van der Waals surface area contributed by atoms with Gasteiger partial charge in [-0.25, -0.2) is 0 Å². The highest BCUT2D eigenvalue weighted by Gasteiger charge is 2.26. The maximum Gasteiger partial charge on any atom is 0.143 e. The van der Waals surface area contributed by atoms with Crippen LogP contribution in [-0.2, 0) is 4.79 Å². The van der Waals surface area contributed by atoms with Crippen molar-refractivity contribution in [2.45, 2.75) is 25.8 Å². The molecule has 1 fully saturated rings. The van der Waals surface area contributed by atoms with E-state index < -0.39 is 0 Å². The molecule has 0 radical (unpaired) electrons. The summed E-state index contributed by atoms with van der Waals surface area (Å²) < 4.78 is 0. The summed E-state index contributed by atoms with van der Waals surface area (Å²) in [5.74, 6) is 0.268. The first-order valence-electron chi connectivity index (χ1n) is 3.40. The Hall–Kier alpha value is -0.370. The van der Waals surface area contributed by atoms with Crippen molar-refractivity contribution in [3.8, 4) is 0 Å². The van der Waals surface area contributed by atoms with Crippen molar-refractivity contribution in [3.63, 3.8) is 0 Å². The lowest BCUT2D eigenvalue weighted by molar-refractivity contribution is -0.117. The van der Waals surface area contributed by atoms with Crippen molar-refractivity contribution >= 4 is 5.78 Å². The molecule has 2 heteroatoms. The average molecular weight is 127 g/mol. The fraction of sp³-hybridized carbons (Fsp3) is 0.857. The molecule has 0 bridgehead atoms. The molecule has 0 saturated heterocycles. The van der Waals surface area contributed by atoms with E-state index in [-0.39, 0.29) is 5.78 Å². The predicted molar refractivity (Wildman–Crippen MR) is 36.3 cm³/mol. The fourth-order valence-electron chi connectivity index (χ4n) is 0.996. The molecule has 1 saturated carbocycles. The minimum absolute atomic E-state index is 0.268. The molecular weight excluding hydrogens is 114 g/mol. The molecular formula is C7H13NO. The van der Waals surface area contributed by atoms with Crippen molar-refractivity contribution in [2.24, 2.45) is 0 Å². The van der Waals surface area contributed by atoms with Crippen LogP contribution >= 0.6 is 0 Å². The number of Topliss-reactive ketones (excluding diaryl/α,β-unsaturated/α-hetero) is 1. The maximum absolute atomic E-state index is 10.5. The zero-order valence-electron chi connectivity index (χ0n) is 6.05. The van der Waals surface area contributed by atoms with Gasteiger partial charge in [0.25, 0.3) is 0 Å². The molecule has 1 rings (SSSR count). The second-order valence-corrected chi connectivity index (χ2v) is 2.85. The van der Waals surface area contributed by atoms with Gasteiger partial charge in [0.2, 0.25) is 0 Å². The first kappa shape index (κ1) is 6.75. The highest BCUT2D eigenvalue weighted by Crippen LogP contribution is 2.24. The van der Waals surface area contributed by atoms with E-state index >= 15 is 0 Å². The van der Waals surface area contributed by atoms with E-state index in [1.54, 1.807) is 6.92 Å². The van der Waals surface area contributed by atoms with Gasteiger partial charge < -0.3 is 0 Å². The van der Waals surface area contributed by atoms with Gasteiger partial charge in [-0.1, -0.05) is 0 Å². The van der Waals surface area contributed by atoms with Crippen LogP contribution in [0.3, 0.4) is 0 Å². The molecule has 0 aromatic carbocycles. The first-order chi connectivity index (χ1) is 4.20. The quantitative estimate of drug-likeness (QED) is 0.555. The van der Waals surface area contributed by atoms with Crippen molar-refractivity contribution < 1.29 is 4.79 Å². The molecule has 0 aliphatic heterocycles. The molecule has 2 nitrogen and oxygen atoms in total. The van der Waals surface area contributed by atoms with Crippen molar-refractivity contribution in [1.29, 1.82) is 0 Å². The molecule has 1 aliphatic carbocycles. The Bertz CT molecular complexity index is 118. The van der Waals surface area contributed by atoms with Crippen molar-refractivity contribution in [1.82, 2.24) is 4.90 Å². The van der Waals surface area contributed by atoms with Gasteiger partial charge in [0.05, 0.1) is 6.54 Å². The molecule has 0 heterocycles. The SMILES string of the molecule is CC(=O)CN(C)C1CC1. The Labute approximate surface area is 55.8 Å². The lowest BCUT2D eigenvalue weighted by Gasteiger charge is -2.11. The number of ketones is 1. The number of likely N-dealkylation sites (N-methyl/N-ethyl adjacent to an activating group) is 1. The minimum atomic E-state index is 0.268. The molecule has 0 spiro atoms. The summed E-state index contributed by atoms with van der Waals surface area (Å²) in [6.07, 6.45) is 2.56. The lowest BCUT2D eigenvalue weighted by Crippen LogP contribution is -2.26. The Kier molecular flexibility index (Phi) is 1.86. The van der Waals surface area contributed by atoms with Crippen molar-refractivity contribution in [3.05, 3.63) is 0 Å². The monoisotopic (exact) mass is 127 g/mol. The fourth-order valence-corrected chi connectivity index (χ4v) is 0.996. The summed E-state index contributed by atoms with van der Waals surface area (Å²) in [6.45, 7) is 2.27. The maximum atomic E-state index is 10.5. The topological polar surface area (TPSA) is 20.3 Å². The Balaban J connectivity index is 2.17. The predicted octanol–water partition coefficient (Wildman–Crippen LogP) is 0.670. The zero-order chi connectivity index (χ0) is 6.85. The van der Waals surface area contributed by atoms with Gasteiger partial charge in [0.15, 0.2) is 0 Å². The van der Waals surface area contributed by atoms with Gasteiger partial charge in [-0.05, 0) is 26.8 Å². The second-order valence-electron chi connectivity index (χ2n) is 2.85. The van der Waals surface area contributed by atoms with Crippen LogP contribution in [0.2, 0.25) is 0 Å². The Morgan fingerprint density at radius 1 is 1.67 bits per heavy atom. The third-order valence-electron chi connectivity index (χ3n) is 1.64. The van der Waals surface area contributed by atoms with Crippen molar-refractivity contribution in [2.75, 3.05) is 13.6 Å². The third kappa shape index (κ3) is 2.14. The highest BCUT2D eigenvalue weighted by atomic mass is 16.1. The van der Waals surface area contributed by atoms with Crippen LogP contribution in [0.25, 0.3) is 0 Å². The molecule has 0 aromatic rings. The van der Waals surface area contributed by atoms with Crippen LogP contribution in [0.4, 0.5) is 0 Å². The minimum Gasteiger partial charge on any atom is -0.299 e. The summed E-state index contributed by atoms with van der Waals surface area (Å²) in [7, 11) is 2.01. The van der Waals surface area contributed by atoms with Gasteiger partial charge in [0, 0.05) is 6.04 Å². The molecule has 0 unspecified atom stereocenters. The number of nitrogens with zero attached hydrogens (tertiary/aromatic N) is 1. The van der Waals surface area contributed by atoms with Crippen LogP contribution in [0.15, 0.2) is 0 Å². The zero-order valence-corrected chi connectivity index (χ0v) is 6.05. The number of rotatable bonds is 3. The third-order valence-corrected chi connectivity index (χ3v) is 1.64. The van der Waals surface area contributed by atoms with Crippen LogP contribution in [-0.4, -0.2) is 30.3 Å². The standard InChI is InChI=1S/C7H13NO/c1-6(9)5-8(2)7-3-4-7/h7H,3-5H2,1-2H3. The number of carbonyl (C=O) groups excluding carboxylic acids is 1. The van der Waals surface area contributed by atoms with E-state index in [0.717, 1.165) is 0 Å². The highest BCUT2D eigenvalue weighted by molar-refractivity contribution is 5.77. The Morgan fingerprint density at radius 3 is 2.56 bits per heavy atom. The van der Waals surface area contributed by atoms with Crippen LogP contribution in [0, 0.1) is 0 Å². The smallest absolute Gasteiger partial charge is 0.143 e. The van der Waals surface area contributed by atoms with Gasteiger partial charge in [-0.2, -0.15) is 0 Å². The van der Waals surface area contributed by atoms with E-state index in [1.807, 2.05) is 7.05 Å². The molecule has 0 aromatic heterocycles. The number of hydrogen-bond acceptors (Lipinski definition) is 2. The Morgan fingerprint density at radius 2 is 2.22 bits per heavy atom. The van der Waals surface area contributed by atoms with Crippen LogP contribution < -0.4 is 0 Å². The molecule has 0 N–H and O–H groups in total. The average Bonchev–Trinajstić information content (AvgIpc) is 2.40. The summed E-state index contributed by atoms with van der Waals surface area (Å²) in [5, 5.41) is 0. The van der Waals surface area contributed by atoms with Gasteiger partial charge in [0.1, 0.15) is 5.78 Å². The molecule has 52 valence electrons.